The first-order chi connectivity index (χ1) is 32.7. The summed E-state index contributed by atoms with van der Waals surface area (Å²) in [6, 6.07) is 87.9. The van der Waals surface area contributed by atoms with Crippen LogP contribution in [-0.4, -0.2) is 9.97 Å². The number of hydrogen-bond acceptors (Lipinski definition) is 2. The molecular weight excluding hydrogens is 797 g/mol. The summed E-state index contributed by atoms with van der Waals surface area (Å²) in [5.41, 5.74) is 15.6. The van der Waals surface area contributed by atoms with Crippen molar-refractivity contribution in [2.75, 3.05) is 0 Å². The third-order valence-electron chi connectivity index (χ3n) is 13.4. The van der Waals surface area contributed by atoms with Gasteiger partial charge in [0.05, 0.1) is 22.4 Å². The van der Waals surface area contributed by atoms with Gasteiger partial charge in [0.15, 0.2) is 0 Å². The first-order valence-corrected chi connectivity index (χ1v) is 22.6. The average molecular weight is 837 g/mol. The third-order valence-corrected chi connectivity index (χ3v) is 13.4. The van der Waals surface area contributed by atoms with Crippen molar-refractivity contribution >= 4 is 64.9 Å². The molecule has 0 aliphatic heterocycles. The van der Waals surface area contributed by atoms with Crippen molar-refractivity contribution in [1.29, 1.82) is 0 Å². The molecule has 0 N–H and O–H groups in total. The smallest absolute Gasteiger partial charge is 0.0972 e. The largest absolute Gasteiger partial charge is 0.245 e. The molecule has 13 aromatic rings. The molecule has 0 saturated heterocycles. The Bertz CT molecular complexity index is 3970. The quantitative estimate of drug-likeness (QED) is 0.123. The molecule has 0 radical (unpaired) electrons. The second kappa shape index (κ2) is 15.5. The number of benzene rings is 11. The third kappa shape index (κ3) is 6.18. The van der Waals surface area contributed by atoms with Gasteiger partial charge in [0, 0.05) is 21.9 Å². The Hall–Kier alpha value is -8.72. The van der Waals surface area contributed by atoms with Crippen LogP contribution in [0, 0.1) is 0 Å². The molecule has 2 heterocycles. The topological polar surface area (TPSA) is 25.8 Å². The summed E-state index contributed by atoms with van der Waals surface area (Å²) in [5.74, 6) is 0. The molecule has 0 amide bonds. The summed E-state index contributed by atoms with van der Waals surface area (Å²) in [5, 5.41) is 12.0. The van der Waals surface area contributed by atoms with Crippen LogP contribution in [0.5, 0.6) is 0 Å². The van der Waals surface area contributed by atoms with Crippen LogP contribution >= 0.6 is 0 Å². The van der Waals surface area contributed by atoms with Crippen molar-refractivity contribution in [3.05, 3.63) is 243 Å². The molecule has 11 aromatic carbocycles. The van der Waals surface area contributed by atoms with E-state index in [4.69, 9.17) is 9.97 Å². The van der Waals surface area contributed by atoms with Gasteiger partial charge in [-0.05, 0) is 112 Å². The SMILES string of the molecule is c1ccc(-c2ccc3ccc4ccc(-c5cccc(-c6c7ccccc7c(-c7ccc8c(-c9ccccc9)c9ccccc9c(-c9ccccc9)c8c7)c7ccccc67)c5)nc4c3n2)cc1. The van der Waals surface area contributed by atoms with Gasteiger partial charge in [0.2, 0.25) is 0 Å². The molecule has 2 heteroatoms. The Morgan fingerprint density at radius 1 is 0.197 bits per heavy atom. The number of fused-ring (bicyclic) bond motifs is 7. The van der Waals surface area contributed by atoms with Gasteiger partial charge in [-0.3, -0.25) is 0 Å². The van der Waals surface area contributed by atoms with Gasteiger partial charge in [0.25, 0.3) is 0 Å². The van der Waals surface area contributed by atoms with E-state index in [1.54, 1.807) is 0 Å². The van der Waals surface area contributed by atoms with Crippen LogP contribution in [0.4, 0.5) is 0 Å². The van der Waals surface area contributed by atoms with Crippen molar-refractivity contribution in [2.45, 2.75) is 0 Å². The highest BCUT2D eigenvalue weighted by Gasteiger charge is 2.21. The molecule has 13 rings (SSSR count). The minimum Gasteiger partial charge on any atom is -0.245 e. The summed E-state index contributed by atoms with van der Waals surface area (Å²) in [6.07, 6.45) is 0. The predicted octanol–water partition coefficient (Wildman–Crippen LogP) is 17.4. The van der Waals surface area contributed by atoms with Crippen molar-refractivity contribution < 1.29 is 0 Å². The highest BCUT2D eigenvalue weighted by Crippen LogP contribution is 2.48. The van der Waals surface area contributed by atoms with E-state index in [2.05, 4.69) is 237 Å². The summed E-state index contributed by atoms with van der Waals surface area (Å²) < 4.78 is 0. The van der Waals surface area contributed by atoms with Gasteiger partial charge in [-0.15, -0.1) is 0 Å². The highest BCUT2D eigenvalue weighted by atomic mass is 14.8. The highest BCUT2D eigenvalue weighted by molar-refractivity contribution is 6.25. The maximum Gasteiger partial charge on any atom is 0.0972 e. The Balaban J connectivity index is 1.01. The number of aromatic nitrogens is 2. The van der Waals surface area contributed by atoms with E-state index in [1.165, 1.54) is 82.0 Å². The number of hydrogen-bond donors (Lipinski definition) is 0. The van der Waals surface area contributed by atoms with Crippen LogP contribution in [0.25, 0.3) is 132 Å². The Labute approximate surface area is 382 Å². The Morgan fingerprint density at radius 3 is 1.02 bits per heavy atom. The lowest BCUT2D eigenvalue weighted by atomic mass is 9.82. The van der Waals surface area contributed by atoms with Crippen LogP contribution in [0.2, 0.25) is 0 Å². The minimum atomic E-state index is 0.906. The van der Waals surface area contributed by atoms with Crippen molar-refractivity contribution in [3.8, 4) is 67.0 Å². The maximum absolute atomic E-state index is 5.36. The molecule has 0 aliphatic carbocycles. The lowest BCUT2D eigenvalue weighted by Gasteiger charge is -2.21. The van der Waals surface area contributed by atoms with Crippen LogP contribution in [0.15, 0.2) is 243 Å². The van der Waals surface area contributed by atoms with Gasteiger partial charge in [-0.2, -0.15) is 0 Å². The predicted molar refractivity (Wildman–Crippen MR) is 280 cm³/mol. The first-order valence-electron chi connectivity index (χ1n) is 22.6. The van der Waals surface area contributed by atoms with E-state index in [0.717, 1.165) is 49.9 Å². The molecule has 2 aromatic heterocycles. The molecule has 0 saturated carbocycles. The molecule has 66 heavy (non-hydrogen) atoms. The monoisotopic (exact) mass is 836 g/mol. The molecule has 306 valence electrons. The summed E-state index contributed by atoms with van der Waals surface area (Å²) in [6.45, 7) is 0. The van der Waals surface area contributed by atoms with Crippen LogP contribution in [0.3, 0.4) is 0 Å². The number of pyridine rings is 2. The fourth-order valence-electron chi connectivity index (χ4n) is 10.4. The molecule has 0 atom stereocenters. The zero-order chi connectivity index (χ0) is 43.6. The standard InChI is InChI=1S/C64H40N2/c1-4-17-41(18-5-1)57-37-34-44-31-32-45-35-38-58(66-64(45)63(44)65-57)46-23-16-24-47(39-46)61-51-27-12-14-29-53(51)62(54-30-15-13-28-52(54)61)48-33-36-55-56(40-48)60(43-21-8-3-9-22-43)50-26-11-10-25-49(50)59(55)42-19-6-2-7-20-42/h1-40H. The number of rotatable bonds is 6. The van der Waals surface area contributed by atoms with Crippen molar-refractivity contribution in [1.82, 2.24) is 9.97 Å². The molecule has 0 bridgehead atoms. The average Bonchev–Trinajstić information content (AvgIpc) is 3.39. The molecule has 0 unspecified atom stereocenters. The van der Waals surface area contributed by atoms with Gasteiger partial charge >= 0.3 is 0 Å². The first kappa shape index (κ1) is 37.8. The van der Waals surface area contributed by atoms with Crippen LogP contribution in [-0.2, 0) is 0 Å². The number of nitrogens with zero attached hydrogens (tertiary/aromatic N) is 2. The zero-order valence-corrected chi connectivity index (χ0v) is 36.0. The molecule has 0 spiro atoms. The fraction of sp³-hybridized carbons (Fsp3) is 0. The lowest BCUT2D eigenvalue weighted by molar-refractivity contribution is 1.36. The second-order valence-corrected chi connectivity index (χ2v) is 17.2. The normalized spacial score (nSPS) is 11.6. The molecule has 2 nitrogen and oxygen atoms in total. The van der Waals surface area contributed by atoms with E-state index in [9.17, 15) is 0 Å². The Morgan fingerprint density at radius 2 is 0.530 bits per heavy atom. The van der Waals surface area contributed by atoms with Gasteiger partial charge in [-0.1, -0.05) is 218 Å². The zero-order valence-electron chi connectivity index (χ0n) is 36.0. The molecule has 0 aliphatic rings. The fourth-order valence-corrected chi connectivity index (χ4v) is 10.4. The van der Waals surface area contributed by atoms with Crippen molar-refractivity contribution in [3.63, 3.8) is 0 Å². The maximum atomic E-state index is 5.36. The van der Waals surface area contributed by atoms with Gasteiger partial charge in [-0.25, -0.2) is 9.97 Å². The second-order valence-electron chi connectivity index (χ2n) is 17.2. The van der Waals surface area contributed by atoms with E-state index in [1.807, 2.05) is 6.07 Å². The summed E-state index contributed by atoms with van der Waals surface area (Å²) >= 11 is 0. The van der Waals surface area contributed by atoms with Crippen LogP contribution < -0.4 is 0 Å². The molecule has 0 fully saturated rings. The van der Waals surface area contributed by atoms with Crippen molar-refractivity contribution in [2.24, 2.45) is 0 Å². The van der Waals surface area contributed by atoms with E-state index in [0.29, 0.717) is 0 Å². The lowest BCUT2D eigenvalue weighted by Crippen LogP contribution is -1.94. The van der Waals surface area contributed by atoms with E-state index in [-0.39, 0.29) is 0 Å². The van der Waals surface area contributed by atoms with E-state index >= 15 is 0 Å². The van der Waals surface area contributed by atoms with Gasteiger partial charge < -0.3 is 0 Å². The van der Waals surface area contributed by atoms with Crippen LogP contribution in [0.1, 0.15) is 0 Å². The Kier molecular flexibility index (Phi) is 8.89. The summed E-state index contributed by atoms with van der Waals surface area (Å²) in [7, 11) is 0. The van der Waals surface area contributed by atoms with E-state index < -0.39 is 0 Å². The molecular formula is C64H40N2. The summed E-state index contributed by atoms with van der Waals surface area (Å²) in [4.78, 5) is 10.5. The van der Waals surface area contributed by atoms with Gasteiger partial charge in [0.1, 0.15) is 0 Å². The minimum absolute atomic E-state index is 0.906.